The highest BCUT2D eigenvalue weighted by Crippen LogP contribution is 2.48. The number of nitrogens with zero attached hydrogens (tertiary/aromatic N) is 2. The first-order valence-corrected chi connectivity index (χ1v) is 12.1. The lowest BCUT2D eigenvalue weighted by Gasteiger charge is -2.35. The van der Waals surface area contributed by atoms with E-state index in [1.807, 2.05) is 30.3 Å². The van der Waals surface area contributed by atoms with Gasteiger partial charge in [-0.1, -0.05) is 49.1 Å². The third-order valence-electron chi connectivity index (χ3n) is 7.30. The Morgan fingerprint density at radius 3 is 2.33 bits per heavy atom. The SMILES string of the molecule is C=CC(=O)n1nc(NC2CCC2)c2c1CC(c1ccccc1)(c1cc(OC)c(OC)c(OC)c1)C=C2. The van der Waals surface area contributed by atoms with Crippen LogP contribution in [-0.4, -0.2) is 43.1 Å². The van der Waals surface area contributed by atoms with E-state index in [1.54, 1.807) is 21.3 Å². The maximum atomic E-state index is 12.9. The van der Waals surface area contributed by atoms with Crippen LogP contribution in [0.1, 0.15) is 46.4 Å². The van der Waals surface area contributed by atoms with Crippen molar-refractivity contribution in [2.45, 2.75) is 37.1 Å². The summed E-state index contributed by atoms with van der Waals surface area (Å²) in [7, 11) is 4.82. The van der Waals surface area contributed by atoms with E-state index in [-0.39, 0.29) is 5.91 Å². The number of methoxy groups -OCH3 is 3. The minimum atomic E-state index is -0.603. The largest absolute Gasteiger partial charge is 0.493 e. The third kappa shape index (κ3) is 3.85. The molecule has 7 nitrogen and oxygen atoms in total. The first-order chi connectivity index (χ1) is 17.5. The second kappa shape index (κ2) is 9.57. The monoisotopic (exact) mass is 485 g/mol. The van der Waals surface area contributed by atoms with Crippen LogP contribution in [0.2, 0.25) is 0 Å². The standard InChI is InChI=1S/C29H31N3O4/c1-5-26(33)32-23-18-29(19-10-7-6-8-11-19,15-14-22(23)28(31-32)30-21-12-9-13-21)20-16-24(34-2)27(36-4)25(17-20)35-3/h5-8,10-11,14-17,21H,1,9,12-13,18H2,2-4H3,(H,30,31). The Kier molecular flexibility index (Phi) is 6.31. The minimum absolute atomic E-state index is 0.255. The highest BCUT2D eigenvalue weighted by Gasteiger charge is 2.40. The van der Waals surface area contributed by atoms with E-state index in [4.69, 9.17) is 19.3 Å². The number of rotatable bonds is 8. The van der Waals surface area contributed by atoms with E-state index < -0.39 is 5.41 Å². The second-order valence-corrected chi connectivity index (χ2v) is 9.20. The van der Waals surface area contributed by atoms with Crippen molar-refractivity contribution in [2.24, 2.45) is 0 Å². The van der Waals surface area contributed by atoms with Crippen LogP contribution in [0, 0.1) is 0 Å². The van der Waals surface area contributed by atoms with Crippen molar-refractivity contribution in [1.82, 2.24) is 9.78 Å². The molecule has 3 aromatic rings. The van der Waals surface area contributed by atoms with Crippen molar-refractivity contribution in [3.05, 3.63) is 83.6 Å². The van der Waals surface area contributed by atoms with E-state index in [0.29, 0.717) is 29.7 Å². The maximum absolute atomic E-state index is 12.9. The fourth-order valence-electron chi connectivity index (χ4n) is 5.12. The molecular formula is C29H31N3O4. The predicted molar refractivity (Wildman–Crippen MR) is 140 cm³/mol. The Morgan fingerprint density at radius 1 is 1.08 bits per heavy atom. The van der Waals surface area contributed by atoms with Gasteiger partial charge in [-0.25, -0.2) is 0 Å². The summed E-state index contributed by atoms with van der Waals surface area (Å²) < 4.78 is 18.4. The molecule has 0 spiro atoms. The number of aromatic nitrogens is 2. The zero-order valence-corrected chi connectivity index (χ0v) is 20.9. The van der Waals surface area contributed by atoms with E-state index in [9.17, 15) is 4.79 Å². The van der Waals surface area contributed by atoms with Crippen LogP contribution in [0.15, 0.2) is 61.2 Å². The van der Waals surface area contributed by atoms with E-state index >= 15 is 0 Å². The lowest BCUT2D eigenvalue weighted by molar-refractivity contribution is 0.0950. The number of nitrogens with one attached hydrogen (secondary N) is 1. The van der Waals surface area contributed by atoms with Crippen LogP contribution < -0.4 is 19.5 Å². The molecule has 186 valence electrons. The molecule has 0 bridgehead atoms. The number of ether oxygens (including phenoxy) is 3. The normalized spacial score (nSPS) is 18.6. The number of carbonyl (C=O) groups excluding carboxylic acids is 1. The molecule has 1 atom stereocenters. The predicted octanol–water partition coefficient (Wildman–Crippen LogP) is 5.26. The molecular weight excluding hydrogens is 454 g/mol. The van der Waals surface area contributed by atoms with Gasteiger partial charge in [-0.2, -0.15) is 4.68 Å². The average Bonchev–Trinajstić information content (AvgIpc) is 3.26. The van der Waals surface area contributed by atoms with Crippen molar-refractivity contribution >= 4 is 17.8 Å². The lowest BCUT2D eigenvalue weighted by atomic mass is 9.68. The molecule has 0 aliphatic heterocycles. The maximum Gasteiger partial charge on any atom is 0.270 e. The van der Waals surface area contributed by atoms with Crippen LogP contribution in [0.25, 0.3) is 6.08 Å². The summed E-state index contributed by atoms with van der Waals surface area (Å²) in [4.78, 5) is 12.9. The molecule has 1 saturated carbocycles. The molecule has 5 rings (SSSR count). The van der Waals surface area contributed by atoms with Gasteiger partial charge in [-0.05, 0) is 48.6 Å². The van der Waals surface area contributed by atoms with Gasteiger partial charge in [0.1, 0.15) is 0 Å². The molecule has 0 radical (unpaired) electrons. The Hall–Kier alpha value is -4.00. The summed E-state index contributed by atoms with van der Waals surface area (Å²) in [6.45, 7) is 3.70. The number of hydrogen-bond acceptors (Lipinski definition) is 6. The molecule has 0 amide bonds. The summed E-state index contributed by atoms with van der Waals surface area (Å²) >= 11 is 0. The van der Waals surface area contributed by atoms with Crippen molar-refractivity contribution in [1.29, 1.82) is 0 Å². The Bertz CT molecular complexity index is 1300. The molecule has 2 aliphatic rings. The Balaban J connectivity index is 1.71. The van der Waals surface area contributed by atoms with Crippen molar-refractivity contribution in [3.63, 3.8) is 0 Å². The number of benzene rings is 2. The summed E-state index contributed by atoms with van der Waals surface area (Å²) in [5.74, 6) is 2.17. The number of fused-ring (bicyclic) bond motifs is 1. The molecule has 1 fully saturated rings. The van der Waals surface area contributed by atoms with Crippen molar-refractivity contribution in [2.75, 3.05) is 26.6 Å². The zero-order chi connectivity index (χ0) is 25.3. The van der Waals surface area contributed by atoms with Crippen molar-refractivity contribution in [3.8, 4) is 17.2 Å². The van der Waals surface area contributed by atoms with E-state index in [0.717, 1.165) is 41.0 Å². The van der Waals surface area contributed by atoms with Crippen LogP contribution in [0.3, 0.4) is 0 Å². The van der Waals surface area contributed by atoms with Gasteiger partial charge >= 0.3 is 0 Å². The highest BCUT2D eigenvalue weighted by atomic mass is 16.5. The number of anilines is 1. The summed E-state index contributed by atoms with van der Waals surface area (Å²) in [6.07, 6.45) is 9.53. The molecule has 7 heteroatoms. The highest BCUT2D eigenvalue weighted by molar-refractivity contribution is 5.91. The van der Waals surface area contributed by atoms with E-state index in [1.165, 1.54) is 17.2 Å². The van der Waals surface area contributed by atoms with Crippen LogP contribution in [-0.2, 0) is 11.8 Å². The second-order valence-electron chi connectivity index (χ2n) is 9.20. The fraction of sp³-hybridized carbons (Fsp3) is 0.310. The van der Waals surface area contributed by atoms with Gasteiger partial charge in [-0.3, -0.25) is 4.79 Å². The topological polar surface area (TPSA) is 74.6 Å². The molecule has 1 N–H and O–H groups in total. The van der Waals surface area contributed by atoms with E-state index in [2.05, 4.69) is 36.2 Å². The quantitative estimate of drug-likeness (QED) is 0.439. The Labute approximate surface area is 211 Å². The molecule has 1 heterocycles. The molecule has 1 unspecified atom stereocenters. The average molecular weight is 486 g/mol. The smallest absolute Gasteiger partial charge is 0.270 e. The molecule has 2 aromatic carbocycles. The van der Waals surface area contributed by atoms with Crippen LogP contribution >= 0.6 is 0 Å². The summed E-state index contributed by atoms with van der Waals surface area (Å²) in [5, 5.41) is 8.23. The van der Waals surface area contributed by atoms with Gasteiger partial charge < -0.3 is 19.5 Å². The van der Waals surface area contributed by atoms with Gasteiger partial charge in [0, 0.05) is 23.4 Å². The van der Waals surface area contributed by atoms with Gasteiger partial charge in [-0.15, -0.1) is 5.10 Å². The number of allylic oxidation sites excluding steroid dienone is 2. The summed E-state index contributed by atoms with van der Waals surface area (Å²) in [5.41, 5.74) is 3.21. The minimum Gasteiger partial charge on any atom is -0.493 e. The first kappa shape index (κ1) is 23.7. The Morgan fingerprint density at radius 2 is 1.78 bits per heavy atom. The van der Waals surface area contributed by atoms with Gasteiger partial charge in [0.15, 0.2) is 17.3 Å². The summed E-state index contributed by atoms with van der Waals surface area (Å²) in [6, 6.07) is 14.6. The van der Waals surface area contributed by atoms with Gasteiger partial charge in [0.05, 0.1) is 27.0 Å². The lowest BCUT2D eigenvalue weighted by Crippen LogP contribution is -2.32. The van der Waals surface area contributed by atoms with Crippen molar-refractivity contribution < 1.29 is 19.0 Å². The number of carbonyl (C=O) groups is 1. The fourth-order valence-corrected chi connectivity index (χ4v) is 5.12. The number of hydrogen-bond donors (Lipinski definition) is 1. The van der Waals surface area contributed by atoms with Gasteiger partial charge in [0.2, 0.25) is 5.75 Å². The molecule has 36 heavy (non-hydrogen) atoms. The third-order valence-corrected chi connectivity index (χ3v) is 7.30. The zero-order valence-electron chi connectivity index (χ0n) is 20.9. The molecule has 1 aromatic heterocycles. The molecule has 0 saturated heterocycles. The molecule has 2 aliphatic carbocycles. The van der Waals surface area contributed by atoms with Gasteiger partial charge in [0.25, 0.3) is 5.91 Å². The van der Waals surface area contributed by atoms with Crippen LogP contribution in [0.4, 0.5) is 5.82 Å². The first-order valence-electron chi connectivity index (χ1n) is 12.1. The van der Waals surface area contributed by atoms with Crippen LogP contribution in [0.5, 0.6) is 17.2 Å².